The third-order valence-corrected chi connectivity index (χ3v) is 5.97. The zero-order valence-corrected chi connectivity index (χ0v) is 17.7. The van der Waals surface area contributed by atoms with E-state index in [0.717, 1.165) is 10.6 Å². The van der Waals surface area contributed by atoms with Crippen LogP contribution in [0.1, 0.15) is 34.6 Å². The largest absolute Gasteiger partial charge is 0.351 e. The molecule has 0 fully saturated rings. The first kappa shape index (κ1) is 22.1. The van der Waals surface area contributed by atoms with Crippen LogP contribution in [0.3, 0.4) is 0 Å². The molecule has 1 unspecified atom stereocenters. The van der Waals surface area contributed by atoms with E-state index in [4.69, 9.17) is 23.2 Å². The van der Waals surface area contributed by atoms with E-state index in [1.54, 1.807) is 6.92 Å². The SMILES string of the molecule is CC(C)C(NC(=O)C(C)N(c1ccc(Cl)c(Cl)c1)S(C)(=O)=O)C(C)C. The average Bonchev–Trinajstić information content (AvgIpc) is 2.46. The molecule has 0 radical (unpaired) electrons. The van der Waals surface area contributed by atoms with Gasteiger partial charge in [-0.3, -0.25) is 9.10 Å². The molecule has 1 aromatic carbocycles. The van der Waals surface area contributed by atoms with E-state index in [1.807, 2.05) is 27.7 Å². The molecule has 8 heteroatoms. The highest BCUT2D eigenvalue weighted by atomic mass is 35.5. The second-order valence-corrected chi connectivity index (χ2v) is 9.53. The predicted octanol–water partition coefficient (Wildman–Crippen LogP) is 3.94. The number of amides is 1. The van der Waals surface area contributed by atoms with Crippen LogP contribution in [0, 0.1) is 11.8 Å². The van der Waals surface area contributed by atoms with Crippen molar-refractivity contribution in [3.63, 3.8) is 0 Å². The number of hydrogen-bond acceptors (Lipinski definition) is 3. The highest BCUT2D eigenvalue weighted by Crippen LogP contribution is 2.29. The molecule has 142 valence electrons. The van der Waals surface area contributed by atoms with E-state index in [9.17, 15) is 13.2 Å². The van der Waals surface area contributed by atoms with Gasteiger partial charge in [0.05, 0.1) is 22.0 Å². The van der Waals surface area contributed by atoms with Crippen LogP contribution >= 0.6 is 23.2 Å². The van der Waals surface area contributed by atoms with Crippen molar-refractivity contribution in [1.82, 2.24) is 5.32 Å². The van der Waals surface area contributed by atoms with E-state index in [2.05, 4.69) is 5.32 Å². The standard InChI is InChI=1S/C17H26Cl2N2O3S/c1-10(2)16(11(3)4)20-17(22)12(5)21(25(6,23)24)13-7-8-14(18)15(19)9-13/h7-12,16H,1-6H3,(H,20,22). The number of nitrogens with one attached hydrogen (secondary N) is 1. The van der Waals surface area contributed by atoms with Gasteiger partial charge in [0, 0.05) is 6.04 Å². The first-order chi connectivity index (χ1) is 11.4. The van der Waals surface area contributed by atoms with Crippen LogP contribution in [0.15, 0.2) is 18.2 Å². The summed E-state index contributed by atoms with van der Waals surface area (Å²) in [6.45, 7) is 9.62. The Balaban J connectivity index is 3.19. The van der Waals surface area contributed by atoms with E-state index < -0.39 is 16.1 Å². The Morgan fingerprint density at radius 3 is 1.96 bits per heavy atom. The fraction of sp³-hybridized carbons (Fsp3) is 0.588. The molecule has 0 spiro atoms. The molecule has 25 heavy (non-hydrogen) atoms. The molecule has 0 aromatic heterocycles. The van der Waals surface area contributed by atoms with E-state index in [-0.39, 0.29) is 28.8 Å². The number of hydrogen-bond donors (Lipinski definition) is 1. The molecule has 0 aliphatic carbocycles. The van der Waals surface area contributed by atoms with E-state index in [1.165, 1.54) is 18.2 Å². The average molecular weight is 409 g/mol. The molecule has 1 aromatic rings. The summed E-state index contributed by atoms with van der Waals surface area (Å²) < 4.78 is 25.7. The van der Waals surface area contributed by atoms with Crippen LogP contribution in [-0.2, 0) is 14.8 Å². The number of carbonyl (C=O) groups is 1. The smallest absolute Gasteiger partial charge is 0.243 e. The van der Waals surface area contributed by atoms with Gasteiger partial charge in [0.2, 0.25) is 15.9 Å². The minimum absolute atomic E-state index is 0.0508. The van der Waals surface area contributed by atoms with Crippen LogP contribution in [0.5, 0.6) is 0 Å². The molecule has 0 aliphatic rings. The van der Waals surface area contributed by atoms with Crippen molar-refractivity contribution >= 4 is 44.8 Å². The zero-order chi connectivity index (χ0) is 19.5. The Labute approximate surface area is 160 Å². The molecule has 1 rings (SSSR count). The van der Waals surface area contributed by atoms with E-state index in [0.29, 0.717) is 10.7 Å². The summed E-state index contributed by atoms with van der Waals surface area (Å²) in [6.07, 6.45) is 1.06. The Bertz CT molecular complexity index is 713. The lowest BCUT2D eigenvalue weighted by atomic mass is 9.93. The predicted molar refractivity (Wildman–Crippen MR) is 105 cm³/mol. The molecule has 5 nitrogen and oxygen atoms in total. The van der Waals surface area contributed by atoms with E-state index >= 15 is 0 Å². The van der Waals surface area contributed by atoms with Crippen LogP contribution in [0.4, 0.5) is 5.69 Å². The van der Waals surface area contributed by atoms with Gasteiger partial charge in [-0.1, -0.05) is 50.9 Å². The lowest BCUT2D eigenvalue weighted by Gasteiger charge is -2.32. The Hall–Kier alpha value is -0.980. The maximum atomic E-state index is 12.7. The lowest BCUT2D eigenvalue weighted by Crippen LogP contribution is -2.52. The first-order valence-corrected chi connectivity index (χ1v) is 10.7. The molecule has 1 atom stereocenters. The summed E-state index contributed by atoms with van der Waals surface area (Å²) in [5.74, 6) is 0.101. The Morgan fingerprint density at radius 2 is 1.56 bits per heavy atom. The van der Waals surface area contributed by atoms with Crippen LogP contribution in [0.25, 0.3) is 0 Å². The van der Waals surface area contributed by atoms with Crippen molar-refractivity contribution < 1.29 is 13.2 Å². The fourth-order valence-electron chi connectivity index (χ4n) is 2.82. The molecule has 0 saturated carbocycles. The number of sulfonamides is 1. The quantitative estimate of drug-likeness (QED) is 0.742. The summed E-state index contributed by atoms with van der Waals surface area (Å²) in [4.78, 5) is 12.7. The summed E-state index contributed by atoms with van der Waals surface area (Å²) in [5, 5.41) is 3.50. The Kier molecular flexibility index (Phi) is 7.59. The van der Waals surface area contributed by atoms with Gasteiger partial charge in [-0.2, -0.15) is 0 Å². The zero-order valence-electron chi connectivity index (χ0n) is 15.4. The molecular formula is C17H26Cl2N2O3S. The van der Waals surface area contributed by atoms with Gasteiger partial charge in [-0.25, -0.2) is 8.42 Å². The summed E-state index contributed by atoms with van der Waals surface area (Å²) in [5.41, 5.74) is 0.296. The van der Waals surface area contributed by atoms with Gasteiger partial charge in [-0.05, 0) is 37.0 Å². The molecule has 0 heterocycles. The van der Waals surface area contributed by atoms with Crippen LogP contribution < -0.4 is 9.62 Å². The highest BCUT2D eigenvalue weighted by Gasteiger charge is 2.31. The minimum Gasteiger partial charge on any atom is -0.351 e. The molecule has 1 N–H and O–H groups in total. The normalized spacial score (nSPS) is 13.4. The second kappa shape index (κ2) is 8.60. The summed E-state index contributed by atoms with van der Waals surface area (Å²) >= 11 is 11.9. The third kappa shape index (κ3) is 5.76. The van der Waals surface area contributed by atoms with Crippen molar-refractivity contribution in [1.29, 1.82) is 0 Å². The second-order valence-electron chi connectivity index (χ2n) is 6.86. The van der Waals surface area contributed by atoms with Gasteiger partial charge in [0.1, 0.15) is 6.04 Å². The number of carbonyl (C=O) groups excluding carboxylic acids is 1. The molecule has 0 aliphatic heterocycles. The topological polar surface area (TPSA) is 66.5 Å². The number of rotatable bonds is 7. The monoisotopic (exact) mass is 408 g/mol. The lowest BCUT2D eigenvalue weighted by molar-refractivity contribution is -0.123. The van der Waals surface area contributed by atoms with Crippen molar-refractivity contribution in [2.75, 3.05) is 10.6 Å². The van der Waals surface area contributed by atoms with Gasteiger partial charge >= 0.3 is 0 Å². The van der Waals surface area contributed by atoms with Crippen molar-refractivity contribution in [3.05, 3.63) is 28.2 Å². The fourth-order valence-corrected chi connectivity index (χ4v) is 4.28. The van der Waals surface area contributed by atoms with Gasteiger partial charge in [-0.15, -0.1) is 0 Å². The van der Waals surface area contributed by atoms with Crippen LogP contribution in [0.2, 0.25) is 10.0 Å². The number of benzene rings is 1. The maximum absolute atomic E-state index is 12.7. The van der Waals surface area contributed by atoms with Crippen molar-refractivity contribution in [2.45, 2.75) is 46.7 Å². The maximum Gasteiger partial charge on any atom is 0.243 e. The number of anilines is 1. The van der Waals surface area contributed by atoms with Crippen LogP contribution in [-0.4, -0.2) is 32.7 Å². The number of nitrogens with zero attached hydrogens (tertiary/aromatic N) is 1. The van der Waals surface area contributed by atoms with Gasteiger partial charge < -0.3 is 5.32 Å². The summed E-state index contributed by atoms with van der Waals surface area (Å²) in [6, 6.07) is 3.50. The molecule has 0 bridgehead atoms. The summed E-state index contributed by atoms with van der Waals surface area (Å²) in [7, 11) is -3.70. The molecular weight excluding hydrogens is 383 g/mol. The third-order valence-electron chi connectivity index (χ3n) is 3.99. The first-order valence-electron chi connectivity index (χ1n) is 8.11. The number of halogens is 2. The van der Waals surface area contributed by atoms with Gasteiger partial charge in [0.15, 0.2) is 0 Å². The van der Waals surface area contributed by atoms with Gasteiger partial charge in [0.25, 0.3) is 0 Å². The molecule has 0 saturated heterocycles. The molecule has 1 amide bonds. The van der Waals surface area contributed by atoms with Crippen molar-refractivity contribution in [2.24, 2.45) is 11.8 Å². The van der Waals surface area contributed by atoms with Crippen molar-refractivity contribution in [3.8, 4) is 0 Å². The minimum atomic E-state index is -3.70. The Morgan fingerprint density at radius 1 is 1.04 bits per heavy atom. The highest BCUT2D eigenvalue weighted by molar-refractivity contribution is 7.92.